The zero-order valence-corrected chi connectivity index (χ0v) is 71.2. The van der Waals surface area contributed by atoms with Crippen LogP contribution < -0.4 is 0 Å². The molecule has 0 saturated heterocycles. The summed E-state index contributed by atoms with van der Waals surface area (Å²) in [6.45, 7) is 14.3. The van der Waals surface area contributed by atoms with E-state index in [0.717, 1.165) is 120 Å². The second-order valence-corrected chi connectivity index (χ2v) is 35.5. The molecule has 0 saturated carbocycles. The molecule has 0 rings (SSSR count). The number of phosphoric acid groups is 2. The van der Waals surface area contributed by atoms with E-state index in [2.05, 4.69) is 55.4 Å². The van der Waals surface area contributed by atoms with E-state index in [4.69, 9.17) is 37.0 Å². The molecular formula is C86H168O17P2. The predicted molar refractivity (Wildman–Crippen MR) is 432 cm³/mol. The first-order chi connectivity index (χ1) is 50.6. The predicted octanol–water partition coefficient (Wildman–Crippen LogP) is 25.9. The van der Waals surface area contributed by atoms with Crippen molar-refractivity contribution in [1.82, 2.24) is 0 Å². The smallest absolute Gasteiger partial charge is 0.462 e. The second kappa shape index (κ2) is 74.8. The van der Waals surface area contributed by atoms with E-state index in [1.807, 2.05) is 0 Å². The van der Waals surface area contributed by atoms with E-state index in [9.17, 15) is 43.2 Å². The van der Waals surface area contributed by atoms with E-state index in [1.54, 1.807) is 0 Å². The highest BCUT2D eigenvalue weighted by Gasteiger charge is 2.31. The first-order valence-electron chi connectivity index (χ1n) is 44.2. The Morgan fingerprint density at radius 2 is 0.457 bits per heavy atom. The van der Waals surface area contributed by atoms with Crippen LogP contribution >= 0.6 is 15.6 Å². The average Bonchev–Trinajstić information content (AvgIpc) is 0.909. The Kier molecular flexibility index (Phi) is 73.4. The molecule has 0 aliphatic heterocycles. The Morgan fingerprint density at radius 3 is 0.676 bits per heavy atom. The first-order valence-corrected chi connectivity index (χ1v) is 47.2. The molecule has 0 aromatic rings. The fourth-order valence-corrected chi connectivity index (χ4v) is 14.9. The maximum atomic E-state index is 13.1. The molecule has 105 heavy (non-hydrogen) atoms. The number of rotatable bonds is 83. The molecule has 0 aromatic carbocycles. The van der Waals surface area contributed by atoms with Gasteiger partial charge < -0.3 is 33.8 Å². The van der Waals surface area contributed by atoms with Gasteiger partial charge in [-0.15, -0.1) is 0 Å². The molecule has 0 aliphatic rings. The van der Waals surface area contributed by atoms with Gasteiger partial charge in [0.15, 0.2) is 12.2 Å². The van der Waals surface area contributed by atoms with Gasteiger partial charge in [-0.05, 0) is 49.4 Å². The Labute approximate surface area is 645 Å². The normalized spacial score (nSPS) is 14.2. The molecular weight excluding hydrogens is 1370 g/mol. The van der Waals surface area contributed by atoms with Crippen LogP contribution in [0.15, 0.2) is 0 Å². The molecule has 3 unspecified atom stereocenters. The summed E-state index contributed by atoms with van der Waals surface area (Å²) in [5.74, 6) is 1.04. The molecule has 624 valence electrons. The van der Waals surface area contributed by atoms with Crippen LogP contribution in [0.25, 0.3) is 0 Å². The highest BCUT2D eigenvalue weighted by Crippen LogP contribution is 2.45. The number of carbonyl (C=O) groups is 4. The van der Waals surface area contributed by atoms with Gasteiger partial charge in [0.2, 0.25) is 0 Å². The van der Waals surface area contributed by atoms with Gasteiger partial charge in [0, 0.05) is 25.7 Å². The number of hydrogen-bond acceptors (Lipinski definition) is 15. The van der Waals surface area contributed by atoms with E-state index >= 15 is 0 Å². The fourth-order valence-electron chi connectivity index (χ4n) is 13.3. The fraction of sp³-hybridized carbons (Fsp3) is 0.953. The minimum atomic E-state index is -4.97. The van der Waals surface area contributed by atoms with Gasteiger partial charge in [-0.3, -0.25) is 37.3 Å². The van der Waals surface area contributed by atoms with Gasteiger partial charge in [0.25, 0.3) is 0 Å². The number of unbranched alkanes of at least 4 members (excludes halogenated alkanes) is 48. The minimum Gasteiger partial charge on any atom is -0.462 e. The molecule has 6 atom stereocenters. The summed E-state index contributed by atoms with van der Waals surface area (Å²) in [6, 6.07) is 0. The van der Waals surface area contributed by atoms with Gasteiger partial charge in [0.1, 0.15) is 19.3 Å². The summed E-state index contributed by atoms with van der Waals surface area (Å²) < 4.78 is 68.9. The Morgan fingerprint density at radius 1 is 0.267 bits per heavy atom. The van der Waals surface area contributed by atoms with Crippen molar-refractivity contribution >= 4 is 39.5 Å². The molecule has 0 aromatic heterocycles. The van der Waals surface area contributed by atoms with Crippen LogP contribution in [0.5, 0.6) is 0 Å². The van der Waals surface area contributed by atoms with Crippen molar-refractivity contribution in [2.24, 2.45) is 23.7 Å². The quantitative estimate of drug-likeness (QED) is 0.0222. The lowest BCUT2D eigenvalue weighted by molar-refractivity contribution is -0.161. The number of ether oxygens (including phenoxy) is 4. The van der Waals surface area contributed by atoms with Gasteiger partial charge in [0.05, 0.1) is 26.4 Å². The average molecular weight is 1540 g/mol. The van der Waals surface area contributed by atoms with E-state index < -0.39 is 97.5 Å². The summed E-state index contributed by atoms with van der Waals surface area (Å²) in [6.07, 6.45) is 63.9. The standard InChI is InChI=1S/C86H168O17P2/c1-9-79(8)65-57-49-44-45-51-59-67-84(89)97-73-82(103-86(91)69-61-53-43-37-31-25-17-13-11-15-21-27-33-39-47-55-63-77(4)5)75-101-105(94,95)99-71-80(87)70-98-104(92,93)100-74-81(72-96-83(88)66-58-50-41-35-29-23-19-18-22-28-34-40-48-56-64-78(6)7)102-85(90)68-60-52-42-36-30-24-16-12-10-14-20-26-32-38-46-54-62-76(2)3/h76-82,87H,9-75H2,1-8H3,(H,92,93)(H,94,95)/t79?,80-,81-,82-/m1/s1. The Bertz CT molecular complexity index is 2040. The number of hydrogen-bond donors (Lipinski definition) is 3. The van der Waals surface area contributed by atoms with Crippen LogP contribution in [-0.2, 0) is 65.4 Å². The maximum Gasteiger partial charge on any atom is 0.472 e. The molecule has 3 N–H and O–H groups in total. The summed E-state index contributed by atoms with van der Waals surface area (Å²) in [7, 11) is -9.93. The SMILES string of the molecule is CCC(C)CCCCCCCCC(=O)OC[C@H](COP(=O)(O)OC[C@H](O)COP(=O)(O)OC[C@@H](COC(=O)CCCCCCCCCCCCCCCCC(C)C)OC(=O)CCCCCCCCCCCCCCCCCCC(C)C)OC(=O)CCCCCCCCCCCCCCCCCCC(C)C. The molecule has 0 radical (unpaired) electrons. The van der Waals surface area contributed by atoms with Gasteiger partial charge in [-0.1, -0.05) is 396 Å². The Balaban J connectivity index is 5.24. The molecule has 0 spiro atoms. The summed E-state index contributed by atoms with van der Waals surface area (Å²) in [5, 5.41) is 10.7. The molecule has 19 heteroatoms. The minimum absolute atomic E-state index is 0.107. The lowest BCUT2D eigenvalue weighted by Crippen LogP contribution is -2.30. The topological polar surface area (TPSA) is 237 Å². The van der Waals surface area contributed by atoms with E-state index in [1.165, 1.54) is 244 Å². The van der Waals surface area contributed by atoms with Crippen molar-refractivity contribution < 1.29 is 80.2 Å². The van der Waals surface area contributed by atoms with Gasteiger partial charge in [-0.25, -0.2) is 9.13 Å². The van der Waals surface area contributed by atoms with Crippen molar-refractivity contribution in [3.8, 4) is 0 Å². The van der Waals surface area contributed by atoms with Crippen LogP contribution in [0.1, 0.15) is 447 Å². The third kappa shape index (κ3) is 78.5. The van der Waals surface area contributed by atoms with E-state index in [0.29, 0.717) is 25.7 Å². The third-order valence-electron chi connectivity index (χ3n) is 20.4. The molecule has 0 heterocycles. The van der Waals surface area contributed by atoms with Crippen molar-refractivity contribution in [3.63, 3.8) is 0 Å². The zero-order valence-electron chi connectivity index (χ0n) is 69.4. The van der Waals surface area contributed by atoms with E-state index in [-0.39, 0.29) is 25.7 Å². The van der Waals surface area contributed by atoms with Gasteiger partial charge >= 0.3 is 39.5 Å². The van der Waals surface area contributed by atoms with Crippen molar-refractivity contribution in [3.05, 3.63) is 0 Å². The first kappa shape index (κ1) is 103. The van der Waals surface area contributed by atoms with Crippen LogP contribution in [-0.4, -0.2) is 96.7 Å². The summed E-state index contributed by atoms with van der Waals surface area (Å²) in [4.78, 5) is 73.2. The Hall–Kier alpha value is -1.94. The van der Waals surface area contributed by atoms with Crippen molar-refractivity contribution in [2.45, 2.75) is 465 Å². The molecule has 0 fully saturated rings. The monoisotopic (exact) mass is 1540 g/mol. The summed E-state index contributed by atoms with van der Waals surface area (Å²) >= 11 is 0. The van der Waals surface area contributed by atoms with Crippen LogP contribution in [0.2, 0.25) is 0 Å². The van der Waals surface area contributed by atoms with Crippen LogP contribution in [0.3, 0.4) is 0 Å². The largest absolute Gasteiger partial charge is 0.472 e. The lowest BCUT2D eigenvalue weighted by atomic mass is 10.00. The van der Waals surface area contributed by atoms with Crippen molar-refractivity contribution in [1.29, 1.82) is 0 Å². The number of esters is 4. The highest BCUT2D eigenvalue weighted by molar-refractivity contribution is 7.47. The van der Waals surface area contributed by atoms with Crippen molar-refractivity contribution in [2.75, 3.05) is 39.6 Å². The maximum absolute atomic E-state index is 13.1. The van der Waals surface area contributed by atoms with Gasteiger partial charge in [-0.2, -0.15) is 0 Å². The highest BCUT2D eigenvalue weighted by atomic mass is 31.2. The number of aliphatic hydroxyl groups excluding tert-OH is 1. The zero-order chi connectivity index (χ0) is 77.4. The lowest BCUT2D eigenvalue weighted by Gasteiger charge is -2.21. The third-order valence-corrected chi connectivity index (χ3v) is 22.3. The summed E-state index contributed by atoms with van der Waals surface area (Å²) in [5.41, 5.74) is 0. The molecule has 0 bridgehead atoms. The van der Waals surface area contributed by atoms with Crippen LogP contribution in [0.4, 0.5) is 0 Å². The second-order valence-electron chi connectivity index (χ2n) is 32.6. The number of phosphoric ester groups is 2. The number of aliphatic hydroxyl groups is 1. The van der Waals surface area contributed by atoms with Crippen LogP contribution in [0, 0.1) is 23.7 Å². The molecule has 17 nitrogen and oxygen atoms in total. The molecule has 0 aliphatic carbocycles. The number of carbonyl (C=O) groups excluding carboxylic acids is 4. The molecule has 0 amide bonds.